The Morgan fingerprint density at radius 1 is 1.25 bits per heavy atom. The minimum absolute atomic E-state index is 0.0450. The summed E-state index contributed by atoms with van der Waals surface area (Å²) in [4.78, 5) is 11.5. The number of rotatable bonds is 9. The van der Waals surface area contributed by atoms with Crippen molar-refractivity contribution in [1.82, 2.24) is 10.6 Å². The van der Waals surface area contributed by atoms with E-state index in [-0.39, 0.29) is 18.0 Å². The molecular formula is C12H26N2O2. The van der Waals surface area contributed by atoms with E-state index in [0.29, 0.717) is 6.61 Å². The first kappa shape index (κ1) is 15.4. The molecule has 0 spiro atoms. The molecule has 0 saturated carbocycles. The van der Waals surface area contributed by atoms with Crippen LogP contribution in [0.15, 0.2) is 0 Å². The average molecular weight is 230 g/mol. The molecule has 0 aliphatic rings. The molecule has 0 rings (SSSR count). The molecule has 1 atom stereocenters. The van der Waals surface area contributed by atoms with Gasteiger partial charge in [-0.25, -0.2) is 0 Å². The van der Waals surface area contributed by atoms with E-state index in [1.54, 1.807) is 0 Å². The van der Waals surface area contributed by atoms with Crippen molar-refractivity contribution in [2.75, 3.05) is 19.8 Å². The largest absolute Gasteiger partial charge is 0.380 e. The molecule has 0 bridgehead atoms. The molecule has 1 amide bonds. The first-order chi connectivity index (χ1) is 7.57. The van der Waals surface area contributed by atoms with Gasteiger partial charge in [0.2, 0.25) is 5.91 Å². The highest BCUT2D eigenvalue weighted by Gasteiger charge is 2.11. The van der Waals surface area contributed by atoms with Crippen molar-refractivity contribution >= 4 is 5.91 Å². The average Bonchev–Trinajstić information content (AvgIpc) is 2.21. The lowest BCUT2D eigenvalue weighted by molar-refractivity contribution is -0.123. The quantitative estimate of drug-likeness (QED) is 0.587. The third-order valence-corrected chi connectivity index (χ3v) is 2.16. The summed E-state index contributed by atoms with van der Waals surface area (Å²) in [5.74, 6) is 0.0450. The third kappa shape index (κ3) is 8.68. The highest BCUT2D eigenvalue weighted by Crippen LogP contribution is 1.88. The van der Waals surface area contributed by atoms with Crippen LogP contribution in [0.2, 0.25) is 0 Å². The maximum atomic E-state index is 11.5. The van der Waals surface area contributed by atoms with E-state index >= 15 is 0 Å². The summed E-state index contributed by atoms with van der Waals surface area (Å²) in [5, 5.41) is 5.99. The number of amides is 1. The van der Waals surface area contributed by atoms with E-state index < -0.39 is 0 Å². The summed E-state index contributed by atoms with van der Waals surface area (Å²) in [6.07, 6.45) is 2.25. The fourth-order valence-electron chi connectivity index (χ4n) is 1.20. The monoisotopic (exact) mass is 230 g/mol. The molecule has 0 aromatic rings. The standard InChI is InChI=1S/C12H26N2O2/c1-5-6-8-16-9-7-13-11(4)12(15)14-10(2)3/h10-11,13H,5-9H2,1-4H3,(H,14,15). The zero-order chi connectivity index (χ0) is 12.4. The maximum absolute atomic E-state index is 11.5. The van der Waals surface area contributed by atoms with Gasteiger partial charge in [-0.3, -0.25) is 4.79 Å². The Hall–Kier alpha value is -0.610. The van der Waals surface area contributed by atoms with Crippen molar-refractivity contribution in [3.05, 3.63) is 0 Å². The summed E-state index contributed by atoms with van der Waals surface area (Å²) in [6, 6.07) is 0.0368. The van der Waals surface area contributed by atoms with Gasteiger partial charge in [0.25, 0.3) is 0 Å². The Labute approximate surface area is 99.1 Å². The topological polar surface area (TPSA) is 50.4 Å². The number of nitrogens with one attached hydrogen (secondary N) is 2. The Balaban J connectivity index is 3.42. The first-order valence-electron chi connectivity index (χ1n) is 6.19. The number of ether oxygens (including phenoxy) is 1. The lowest BCUT2D eigenvalue weighted by Crippen LogP contribution is -2.45. The van der Waals surface area contributed by atoms with E-state index in [2.05, 4.69) is 17.6 Å². The summed E-state index contributed by atoms with van der Waals surface area (Å²) in [5.41, 5.74) is 0. The molecule has 2 N–H and O–H groups in total. The third-order valence-electron chi connectivity index (χ3n) is 2.16. The van der Waals surface area contributed by atoms with E-state index in [1.165, 1.54) is 0 Å². The second-order valence-electron chi connectivity index (χ2n) is 4.31. The summed E-state index contributed by atoms with van der Waals surface area (Å²) in [6.45, 7) is 10.1. The van der Waals surface area contributed by atoms with Gasteiger partial charge < -0.3 is 15.4 Å². The smallest absolute Gasteiger partial charge is 0.237 e. The number of unbranched alkanes of at least 4 members (excludes halogenated alkanes) is 1. The van der Waals surface area contributed by atoms with Crippen LogP contribution in [0.4, 0.5) is 0 Å². The predicted molar refractivity (Wildman–Crippen MR) is 66.5 cm³/mol. The van der Waals surface area contributed by atoms with Gasteiger partial charge in [0.1, 0.15) is 0 Å². The van der Waals surface area contributed by atoms with Crippen LogP contribution in [0.1, 0.15) is 40.5 Å². The minimum atomic E-state index is -0.155. The fraction of sp³-hybridized carbons (Fsp3) is 0.917. The summed E-state index contributed by atoms with van der Waals surface area (Å²) >= 11 is 0. The van der Waals surface area contributed by atoms with E-state index in [4.69, 9.17) is 4.74 Å². The van der Waals surface area contributed by atoms with Crippen molar-refractivity contribution in [3.8, 4) is 0 Å². The molecule has 0 fully saturated rings. The van der Waals surface area contributed by atoms with E-state index in [1.807, 2.05) is 20.8 Å². The fourth-order valence-corrected chi connectivity index (χ4v) is 1.20. The molecule has 0 radical (unpaired) electrons. The molecule has 0 heterocycles. The Kier molecular flexibility index (Phi) is 9.24. The number of carbonyl (C=O) groups excluding carboxylic acids is 1. The molecule has 0 aromatic heterocycles. The van der Waals surface area contributed by atoms with Crippen LogP contribution in [0.25, 0.3) is 0 Å². The SMILES string of the molecule is CCCCOCCNC(C)C(=O)NC(C)C. The van der Waals surface area contributed by atoms with Crippen LogP contribution in [-0.2, 0) is 9.53 Å². The second-order valence-corrected chi connectivity index (χ2v) is 4.31. The van der Waals surface area contributed by atoms with Crippen LogP contribution < -0.4 is 10.6 Å². The van der Waals surface area contributed by atoms with Crippen LogP contribution in [0.3, 0.4) is 0 Å². The molecular weight excluding hydrogens is 204 g/mol. The second kappa shape index (κ2) is 9.60. The molecule has 16 heavy (non-hydrogen) atoms. The van der Waals surface area contributed by atoms with Gasteiger partial charge in [0.15, 0.2) is 0 Å². The van der Waals surface area contributed by atoms with Crippen molar-refractivity contribution in [1.29, 1.82) is 0 Å². The molecule has 0 aliphatic carbocycles. The first-order valence-corrected chi connectivity index (χ1v) is 6.19. The summed E-state index contributed by atoms with van der Waals surface area (Å²) < 4.78 is 5.39. The lowest BCUT2D eigenvalue weighted by Gasteiger charge is -2.15. The molecule has 0 aromatic carbocycles. The predicted octanol–water partition coefficient (Wildman–Crippen LogP) is 1.31. The van der Waals surface area contributed by atoms with Gasteiger partial charge in [0.05, 0.1) is 12.6 Å². The van der Waals surface area contributed by atoms with E-state index in [0.717, 1.165) is 26.0 Å². The van der Waals surface area contributed by atoms with Crippen LogP contribution in [-0.4, -0.2) is 37.7 Å². The molecule has 4 heteroatoms. The number of carbonyl (C=O) groups is 1. The Morgan fingerprint density at radius 2 is 1.94 bits per heavy atom. The molecule has 4 nitrogen and oxygen atoms in total. The zero-order valence-corrected chi connectivity index (χ0v) is 11.0. The number of hydrogen-bond donors (Lipinski definition) is 2. The van der Waals surface area contributed by atoms with E-state index in [9.17, 15) is 4.79 Å². The normalized spacial score (nSPS) is 12.8. The Morgan fingerprint density at radius 3 is 2.50 bits per heavy atom. The van der Waals surface area contributed by atoms with Gasteiger partial charge in [-0.2, -0.15) is 0 Å². The highest BCUT2D eigenvalue weighted by molar-refractivity contribution is 5.81. The lowest BCUT2D eigenvalue weighted by atomic mass is 10.3. The molecule has 96 valence electrons. The molecule has 0 aliphatic heterocycles. The maximum Gasteiger partial charge on any atom is 0.237 e. The van der Waals surface area contributed by atoms with Crippen LogP contribution in [0, 0.1) is 0 Å². The van der Waals surface area contributed by atoms with Gasteiger partial charge in [-0.15, -0.1) is 0 Å². The van der Waals surface area contributed by atoms with Crippen molar-refractivity contribution in [2.45, 2.75) is 52.6 Å². The molecule has 0 saturated heterocycles. The van der Waals surface area contributed by atoms with Gasteiger partial charge in [-0.05, 0) is 27.2 Å². The minimum Gasteiger partial charge on any atom is -0.380 e. The Bertz CT molecular complexity index is 184. The van der Waals surface area contributed by atoms with Crippen molar-refractivity contribution in [2.24, 2.45) is 0 Å². The highest BCUT2D eigenvalue weighted by atomic mass is 16.5. The van der Waals surface area contributed by atoms with Gasteiger partial charge in [0, 0.05) is 19.2 Å². The van der Waals surface area contributed by atoms with Crippen molar-refractivity contribution < 1.29 is 9.53 Å². The van der Waals surface area contributed by atoms with Crippen molar-refractivity contribution in [3.63, 3.8) is 0 Å². The summed E-state index contributed by atoms with van der Waals surface area (Å²) in [7, 11) is 0. The van der Waals surface area contributed by atoms with Crippen LogP contribution in [0.5, 0.6) is 0 Å². The number of hydrogen-bond acceptors (Lipinski definition) is 3. The molecule has 1 unspecified atom stereocenters. The van der Waals surface area contributed by atoms with Gasteiger partial charge >= 0.3 is 0 Å². The van der Waals surface area contributed by atoms with Crippen LogP contribution >= 0.6 is 0 Å². The van der Waals surface area contributed by atoms with Gasteiger partial charge in [-0.1, -0.05) is 13.3 Å². The zero-order valence-electron chi connectivity index (χ0n) is 11.0.